The Bertz CT molecular complexity index is 1130. The number of benzene rings is 2. The van der Waals surface area contributed by atoms with Crippen molar-refractivity contribution >= 4 is 45.5 Å². The van der Waals surface area contributed by atoms with E-state index < -0.39 is 16.8 Å². The lowest BCUT2D eigenvalue weighted by atomic mass is 10.0. The Morgan fingerprint density at radius 2 is 1.90 bits per heavy atom. The van der Waals surface area contributed by atoms with Crippen LogP contribution in [0, 0.1) is 17.0 Å². The molecule has 0 saturated carbocycles. The van der Waals surface area contributed by atoms with E-state index in [1.54, 1.807) is 31.2 Å². The highest BCUT2D eigenvalue weighted by Gasteiger charge is 2.27. The first-order chi connectivity index (χ1) is 13.8. The van der Waals surface area contributed by atoms with Crippen molar-refractivity contribution < 1.29 is 19.2 Å². The van der Waals surface area contributed by atoms with Gasteiger partial charge in [0.25, 0.3) is 11.6 Å². The Hall–Kier alpha value is -3.23. The van der Waals surface area contributed by atoms with E-state index in [4.69, 9.17) is 16.3 Å². The van der Waals surface area contributed by atoms with Crippen LogP contribution in [0.1, 0.15) is 25.6 Å². The van der Waals surface area contributed by atoms with E-state index in [-0.39, 0.29) is 21.8 Å². The molecule has 29 heavy (non-hydrogen) atoms. The van der Waals surface area contributed by atoms with Crippen LogP contribution in [-0.2, 0) is 4.74 Å². The topological polar surface area (TPSA) is 98.5 Å². The number of amides is 1. The number of nitro benzene ring substituents is 1. The molecule has 3 rings (SSSR count). The number of hydrogen-bond donors (Lipinski definition) is 1. The van der Waals surface area contributed by atoms with Gasteiger partial charge in [0.15, 0.2) is 0 Å². The summed E-state index contributed by atoms with van der Waals surface area (Å²) in [6.07, 6.45) is 0. The number of esters is 1. The Morgan fingerprint density at radius 1 is 1.17 bits per heavy atom. The second-order valence-electron chi connectivity index (χ2n) is 5.97. The van der Waals surface area contributed by atoms with Crippen molar-refractivity contribution in [3.8, 4) is 11.1 Å². The number of nitrogens with one attached hydrogen (secondary N) is 1. The summed E-state index contributed by atoms with van der Waals surface area (Å²) >= 11 is 7.26. The van der Waals surface area contributed by atoms with Gasteiger partial charge in [0.2, 0.25) is 0 Å². The minimum atomic E-state index is -0.693. The maximum atomic E-state index is 12.7. The Morgan fingerprint density at radius 3 is 2.55 bits per heavy atom. The second-order valence-corrected chi connectivity index (χ2v) is 7.63. The molecule has 0 aliphatic rings. The van der Waals surface area contributed by atoms with E-state index in [0.717, 1.165) is 4.88 Å². The van der Waals surface area contributed by atoms with E-state index in [2.05, 4.69) is 5.32 Å². The van der Waals surface area contributed by atoms with Gasteiger partial charge < -0.3 is 10.1 Å². The van der Waals surface area contributed by atoms with Crippen LogP contribution in [0.4, 0.5) is 10.7 Å². The molecule has 1 aromatic heterocycles. The average molecular weight is 431 g/mol. The van der Waals surface area contributed by atoms with Crippen LogP contribution in [0.2, 0.25) is 5.02 Å². The fourth-order valence-electron chi connectivity index (χ4n) is 2.92. The molecule has 1 amide bonds. The van der Waals surface area contributed by atoms with E-state index in [1.807, 2.05) is 0 Å². The number of nitro groups is 1. The molecule has 2 aromatic carbocycles. The van der Waals surface area contributed by atoms with Gasteiger partial charge in [-0.15, -0.1) is 11.3 Å². The summed E-state index contributed by atoms with van der Waals surface area (Å²) in [6, 6.07) is 12.6. The number of methoxy groups -OCH3 is 1. The summed E-state index contributed by atoms with van der Waals surface area (Å²) in [5.41, 5.74) is 1.01. The zero-order valence-corrected chi connectivity index (χ0v) is 17.0. The molecule has 9 heteroatoms. The van der Waals surface area contributed by atoms with Gasteiger partial charge in [0.05, 0.1) is 12.0 Å². The number of rotatable bonds is 5. The molecule has 0 unspecified atom stereocenters. The highest BCUT2D eigenvalue weighted by molar-refractivity contribution is 7.17. The molecule has 0 fully saturated rings. The van der Waals surface area contributed by atoms with Crippen LogP contribution >= 0.6 is 22.9 Å². The maximum Gasteiger partial charge on any atom is 0.341 e. The fourth-order valence-corrected chi connectivity index (χ4v) is 4.17. The highest BCUT2D eigenvalue weighted by Crippen LogP contribution is 2.41. The first kappa shape index (κ1) is 20.5. The Labute approximate surface area is 175 Å². The van der Waals surface area contributed by atoms with Gasteiger partial charge >= 0.3 is 5.97 Å². The van der Waals surface area contributed by atoms with Crippen LogP contribution in [0.3, 0.4) is 0 Å². The van der Waals surface area contributed by atoms with E-state index in [9.17, 15) is 19.7 Å². The standard InChI is InChI=1S/C20H15ClN2O5S/c1-11-16(12-6-5-7-13(21)10-12)17(20(25)28-2)19(29-11)22-18(24)14-8-3-4-9-15(14)23(26)27/h3-10H,1-2H3,(H,22,24). The lowest BCUT2D eigenvalue weighted by Gasteiger charge is -2.09. The number of nitrogens with zero attached hydrogens (tertiary/aromatic N) is 1. The van der Waals surface area contributed by atoms with Crippen molar-refractivity contribution in [1.82, 2.24) is 0 Å². The van der Waals surface area contributed by atoms with Crippen molar-refractivity contribution in [2.24, 2.45) is 0 Å². The number of anilines is 1. The molecule has 0 bridgehead atoms. The summed E-state index contributed by atoms with van der Waals surface area (Å²) < 4.78 is 4.91. The second kappa shape index (κ2) is 8.42. The molecule has 0 radical (unpaired) electrons. The number of thiophene rings is 1. The van der Waals surface area contributed by atoms with Gasteiger partial charge in [0, 0.05) is 21.5 Å². The molecule has 0 saturated heterocycles. The van der Waals surface area contributed by atoms with Crippen LogP contribution < -0.4 is 5.32 Å². The summed E-state index contributed by atoms with van der Waals surface area (Å²) in [6.45, 7) is 1.80. The van der Waals surface area contributed by atoms with E-state index in [1.165, 1.54) is 42.7 Å². The zero-order chi connectivity index (χ0) is 21.1. The van der Waals surface area contributed by atoms with Crippen molar-refractivity contribution in [3.05, 3.63) is 79.7 Å². The van der Waals surface area contributed by atoms with Crippen molar-refractivity contribution in [2.75, 3.05) is 12.4 Å². The van der Waals surface area contributed by atoms with Gasteiger partial charge in [-0.2, -0.15) is 0 Å². The number of aryl methyl sites for hydroxylation is 1. The first-order valence-electron chi connectivity index (χ1n) is 8.36. The molecule has 148 valence electrons. The third-order valence-electron chi connectivity index (χ3n) is 4.16. The molecule has 7 nitrogen and oxygen atoms in total. The number of halogens is 1. The molecule has 0 aliphatic heterocycles. The number of para-hydroxylation sites is 1. The minimum Gasteiger partial charge on any atom is -0.465 e. The molecule has 1 heterocycles. The molecule has 0 spiro atoms. The third-order valence-corrected chi connectivity index (χ3v) is 5.42. The van der Waals surface area contributed by atoms with Gasteiger partial charge in [0.1, 0.15) is 16.1 Å². The van der Waals surface area contributed by atoms with E-state index >= 15 is 0 Å². The van der Waals surface area contributed by atoms with Crippen LogP contribution in [-0.4, -0.2) is 23.9 Å². The smallest absolute Gasteiger partial charge is 0.341 e. The molecule has 0 aliphatic carbocycles. The molecular weight excluding hydrogens is 416 g/mol. The normalized spacial score (nSPS) is 10.4. The van der Waals surface area contributed by atoms with Crippen molar-refractivity contribution in [3.63, 3.8) is 0 Å². The Balaban J connectivity index is 2.09. The Kier molecular flexibility index (Phi) is 5.95. The lowest BCUT2D eigenvalue weighted by molar-refractivity contribution is -0.385. The van der Waals surface area contributed by atoms with Crippen LogP contribution in [0.15, 0.2) is 48.5 Å². The number of carbonyl (C=O) groups is 2. The largest absolute Gasteiger partial charge is 0.465 e. The zero-order valence-electron chi connectivity index (χ0n) is 15.4. The van der Waals surface area contributed by atoms with Gasteiger partial charge in [-0.05, 0) is 30.7 Å². The summed E-state index contributed by atoms with van der Waals surface area (Å²) in [7, 11) is 1.24. The lowest BCUT2D eigenvalue weighted by Crippen LogP contribution is -2.15. The summed E-state index contributed by atoms with van der Waals surface area (Å²) in [5, 5.41) is 14.6. The number of ether oxygens (including phenoxy) is 1. The quantitative estimate of drug-likeness (QED) is 0.335. The van der Waals surface area contributed by atoms with Gasteiger partial charge in [-0.3, -0.25) is 14.9 Å². The molecule has 1 N–H and O–H groups in total. The average Bonchev–Trinajstić information content (AvgIpc) is 3.02. The van der Waals surface area contributed by atoms with Crippen LogP contribution in [0.25, 0.3) is 11.1 Å². The summed E-state index contributed by atoms with van der Waals surface area (Å²) in [5.74, 6) is -1.33. The summed E-state index contributed by atoms with van der Waals surface area (Å²) in [4.78, 5) is 36.6. The molecular formula is C20H15ClN2O5S. The third kappa shape index (κ3) is 4.13. The van der Waals surface area contributed by atoms with Crippen molar-refractivity contribution in [2.45, 2.75) is 6.92 Å². The highest BCUT2D eigenvalue weighted by atomic mass is 35.5. The fraction of sp³-hybridized carbons (Fsp3) is 0.100. The molecule has 3 aromatic rings. The maximum absolute atomic E-state index is 12.7. The SMILES string of the molecule is COC(=O)c1c(NC(=O)c2ccccc2[N+](=O)[O-])sc(C)c1-c1cccc(Cl)c1. The van der Waals surface area contributed by atoms with Crippen LogP contribution in [0.5, 0.6) is 0 Å². The minimum absolute atomic E-state index is 0.108. The van der Waals surface area contributed by atoms with Crippen molar-refractivity contribution in [1.29, 1.82) is 0 Å². The van der Waals surface area contributed by atoms with Gasteiger partial charge in [-0.1, -0.05) is 35.9 Å². The first-order valence-corrected chi connectivity index (χ1v) is 9.55. The monoisotopic (exact) mass is 430 g/mol. The number of carbonyl (C=O) groups excluding carboxylic acids is 2. The predicted octanol–water partition coefficient (Wildman–Crippen LogP) is 5.32. The van der Waals surface area contributed by atoms with E-state index in [0.29, 0.717) is 16.1 Å². The predicted molar refractivity (Wildman–Crippen MR) is 112 cm³/mol. The van der Waals surface area contributed by atoms with Gasteiger partial charge in [-0.25, -0.2) is 4.79 Å². The molecule has 0 atom stereocenters. The number of hydrogen-bond acceptors (Lipinski definition) is 6.